The molecule has 24 heteroatoms. The van der Waals surface area contributed by atoms with Crippen molar-refractivity contribution in [2.24, 2.45) is 51.8 Å². The van der Waals surface area contributed by atoms with Crippen LogP contribution in [0.25, 0.3) is 0 Å². The monoisotopic (exact) mass is 1360 g/mol. The van der Waals surface area contributed by atoms with Gasteiger partial charge in [-0.3, -0.25) is 0 Å². The van der Waals surface area contributed by atoms with E-state index in [9.17, 15) is 0 Å². The van der Waals surface area contributed by atoms with Crippen LogP contribution in [0.5, 0.6) is 0 Å². The van der Waals surface area contributed by atoms with E-state index in [-0.39, 0.29) is 32.8 Å². The van der Waals surface area contributed by atoms with E-state index in [1.807, 2.05) is 59.0 Å². The van der Waals surface area contributed by atoms with Crippen LogP contribution in [-0.4, -0.2) is 102 Å². The van der Waals surface area contributed by atoms with Crippen LogP contribution in [0.3, 0.4) is 0 Å². The molecule has 0 aliphatic heterocycles. The van der Waals surface area contributed by atoms with Gasteiger partial charge in [-0.1, -0.05) is 92.0 Å². The fourth-order valence-corrected chi connectivity index (χ4v) is 66.1. The van der Waals surface area contributed by atoms with Crippen LogP contribution < -0.4 is 0 Å². The summed E-state index contributed by atoms with van der Waals surface area (Å²) in [7, 11) is 15.5. The van der Waals surface area contributed by atoms with Gasteiger partial charge in [-0.25, -0.2) is 0 Å². The summed E-state index contributed by atoms with van der Waals surface area (Å²) in [6, 6.07) is 0. The fraction of sp³-hybridized carbons (Fsp3) is 1.00. The summed E-state index contributed by atoms with van der Waals surface area (Å²) < 4.78 is 62.3. The zero-order chi connectivity index (χ0) is 55.8. The Morgan fingerprint density at radius 1 is 0.359 bits per heavy atom. The Morgan fingerprint density at radius 2 is 0.667 bits per heavy atom. The van der Waals surface area contributed by atoms with Crippen molar-refractivity contribution in [3.8, 4) is 0 Å². The summed E-state index contributed by atoms with van der Waals surface area (Å²) in [5, 5.41) is 0. The molecule has 8 bridgehead atoms. The number of fused-ring (bicyclic) bond motifs is 8. The summed E-state index contributed by atoms with van der Waals surface area (Å²) in [5.41, 5.74) is 0.436. The quantitative estimate of drug-likeness (QED) is 0.0252. The van der Waals surface area contributed by atoms with Crippen LogP contribution in [0.2, 0.25) is 0 Å². The highest BCUT2D eigenvalue weighted by atomic mass is 33.7. The molecule has 12 unspecified atom stereocenters. The van der Waals surface area contributed by atoms with Gasteiger partial charge >= 0.3 is 26.4 Å². The second kappa shape index (κ2) is 30.1. The summed E-state index contributed by atoms with van der Waals surface area (Å²) >= 11 is 0. The van der Waals surface area contributed by atoms with E-state index in [0.29, 0.717) is 77.2 Å². The molecule has 8 saturated carbocycles. The molecule has 78 heavy (non-hydrogen) atoms. The van der Waals surface area contributed by atoms with Crippen LogP contribution in [0.4, 0.5) is 0 Å². The Hall–Kier alpha value is 4.49. The lowest BCUT2D eigenvalue weighted by molar-refractivity contribution is 0.0347. The predicted molar refractivity (Wildman–Crippen MR) is 362 cm³/mol. The Bertz CT molecular complexity index is 1660. The number of hydrogen-bond acceptors (Lipinski definition) is 21. The predicted octanol–water partition coefficient (Wildman–Crippen LogP) is 20.3. The molecule has 454 valence electrons. The minimum Gasteiger partial charge on any atom is -0.373 e. The molecule has 0 N–H and O–H groups in total. The molecular formula is C54H100O9S12Si3. The SMILES string of the molecule is CCO[Si](OCC)(OCC)C1(SSSSC(CC2CC3CCC2C3)(SSSSC2([Si](OCC)(OCC)OCC)CC3CCC2(CC)C3)SSSSC2([Si](OCC)(OCC)OCC)CC3CCC2(CC)C3)CC2CCC1(CC)C2. The molecule has 8 aliphatic rings. The van der Waals surface area contributed by atoms with Gasteiger partial charge in [0.1, 0.15) is 16.5 Å². The number of rotatable bonds is 41. The van der Waals surface area contributed by atoms with Crippen LogP contribution in [-0.2, 0) is 39.8 Å². The van der Waals surface area contributed by atoms with Crippen molar-refractivity contribution in [2.75, 3.05) is 59.5 Å². The third kappa shape index (κ3) is 12.7. The van der Waals surface area contributed by atoms with Crippen LogP contribution in [0, 0.1) is 51.8 Å². The smallest absolute Gasteiger partial charge is 0.373 e. The van der Waals surface area contributed by atoms with Crippen LogP contribution in [0.1, 0.15) is 212 Å². The van der Waals surface area contributed by atoms with Crippen molar-refractivity contribution in [3.05, 3.63) is 0 Å². The molecule has 0 aromatic heterocycles. The summed E-state index contributed by atoms with van der Waals surface area (Å²) in [6.07, 6.45) is 25.0. The van der Waals surface area contributed by atoms with E-state index in [1.165, 1.54) is 89.9 Å². The van der Waals surface area contributed by atoms with Crippen molar-refractivity contribution in [3.63, 3.8) is 0 Å². The molecule has 8 rings (SSSR count). The molecular weight excluding hydrogens is 1260 g/mol. The first kappa shape index (κ1) is 68.4. The minimum atomic E-state index is -3.15. The van der Waals surface area contributed by atoms with Crippen molar-refractivity contribution in [1.29, 1.82) is 0 Å². The van der Waals surface area contributed by atoms with Gasteiger partial charge in [0.15, 0.2) is 0 Å². The minimum absolute atomic E-state index is 0.145. The Labute approximate surface area is 523 Å². The molecule has 0 heterocycles. The molecule has 9 nitrogen and oxygen atoms in total. The molecule has 0 aromatic rings. The van der Waals surface area contributed by atoms with Crippen LogP contribution >= 0.6 is 124 Å². The molecule has 8 fully saturated rings. The van der Waals surface area contributed by atoms with Gasteiger partial charge in [-0.05, 0) is 295 Å². The van der Waals surface area contributed by atoms with E-state index in [4.69, 9.17) is 39.8 Å². The van der Waals surface area contributed by atoms with E-state index in [2.05, 4.69) is 148 Å². The van der Waals surface area contributed by atoms with Gasteiger partial charge in [-0.15, -0.1) is 0 Å². The molecule has 0 amide bonds. The molecule has 8 aliphatic carbocycles. The Kier molecular flexibility index (Phi) is 26.4. The van der Waals surface area contributed by atoms with E-state index in [0.717, 1.165) is 56.3 Å². The van der Waals surface area contributed by atoms with Gasteiger partial charge in [0.05, 0.1) is 0 Å². The first-order valence-corrected chi connectivity index (χ1v) is 50.2. The fourth-order valence-electron chi connectivity index (χ4n) is 17.5. The van der Waals surface area contributed by atoms with E-state index >= 15 is 0 Å². The normalized spacial score (nSPS) is 36.8. The molecule has 12 atom stereocenters. The molecule has 0 aromatic carbocycles. The lowest BCUT2D eigenvalue weighted by atomic mass is 9.80. The summed E-state index contributed by atoms with van der Waals surface area (Å²) in [5.74, 6) is 4.53. The second-order valence-corrected chi connectivity index (χ2v) is 52.8. The first-order chi connectivity index (χ1) is 37.8. The van der Waals surface area contributed by atoms with Gasteiger partial charge in [0.2, 0.25) is 0 Å². The highest BCUT2D eigenvalue weighted by Crippen LogP contribution is 2.79. The summed E-state index contributed by atoms with van der Waals surface area (Å²) in [4.78, 5) is 0. The lowest BCUT2D eigenvalue weighted by Crippen LogP contribution is -2.68. The topological polar surface area (TPSA) is 83.1 Å². The van der Waals surface area contributed by atoms with Gasteiger partial charge in [0, 0.05) is 59.5 Å². The molecule has 0 saturated heterocycles. The third-order valence-corrected chi connectivity index (χ3v) is 60.5. The maximum absolute atomic E-state index is 7.00. The lowest BCUT2D eigenvalue weighted by Gasteiger charge is -2.52. The molecule has 0 radical (unpaired) electrons. The third-order valence-electron chi connectivity index (χ3n) is 20.4. The number of hydrogen-bond donors (Lipinski definition) is 0. The average Bonchev–Trinajstić information content (AvgIpc) is 4.52. The van der Waals surface area contributed by atoms with Crippen molar-refractivity contribution < 1.29 is 39.8 Å². The average molecular weight is 1360 g/mol. The second-order valence-electron chi connectivity index (χ2n) is 23.6. The Morgan fingerprint density at radius 3 is 0.897 bits per heavy atom. The van der Waals surface area contributed by atoms with Crippen molar-refractivity contribution in [2.45, 2.75) is 228 Å². The summed E-state index contributed by atoms with van der Waals surface area (Å²) in [6.45, 7) is 32.1. The first-order valence-electron chi connectivity index (χ1n) is 30.6. The van der Waals surface area contributed by atoms with Gasteiger partial charge in [0.25, 0.3) is 0 Å². The zero-order valence-electron chi connectivity index (χ0n) is 49.5. The standard InChI is InChI=1S/C54H100O9S12Si3/c1-13-48-30-27-43(35-48)38-51(48,76(55-16-4,56-17-5)57-18-6)64-70-73-67-54(41-47-34-42-25-26-46(47)33-42,68-74-71-65-52(39-44-28-31-49(52,14-2)36-44)77(58-19-7,59-20-8)60-21-9)69-75-72-66-53(40-45-29-32-50(53,15-3)37-45)78(61-22-10,62-23-11)63-24-12/h42-47H,13-41H2,1-12H3. The highest BCUT2D eigenvalue weighted by molar-refractivity contribution is 9.32. The van der Waals surface area contributed by atoms with Crippen LogP contribution in [0.15, 0.2) is 0 Å². The largest absolute Gasteiger partial charge is 0.519 e. The van der Waals surface area contributed by atoms with Crippen molar-refractivity contribution >= 4 is 150 Å². The van der Waals surface area contributed by atoms with Crippen molar-refractivity contribution in [1.82, 2.24) is 0 Å². The molecule has 0 spiro atoms. The maximum Gasteiger partial charge on any atom is 0.519 e. The highest BCUT2D eigenvalue weighted by Gasteiger charge is 2.78. The van der Waals surface area contributed by atoms with E-state index < -0.39 is 26.4 Å². The van der Waals surface area contributed by atoms with E-state index in [1.54, 1.807) is 0 Å². The van der Waals surface area contributed by atoms with Gasteiger partial charge < -0.3 is 39.8 Å². The van der Waals surface area contributed by atoms with Gasteiger partial charge in [-0.2, -0.15) is 0 Å². The Balaban J connectivity index is 1.12. The maximum atomic E-state index is 7.00. The zero-order valence-corrected chi connectivity index (χ0v) is 62.3.